The van der Waals surface area contributed by atoms with E-state index in [-0.39, 0.29) is 11.8 Å². The van der Waals surface area contributed by atoms with Gasteiger partial charge in [-0.3, -0.25) is 9.79 Å². The van der Waals surface area contributed by atoms with Gasteiger partial charge in [-0.2, -0.15) is 0 Å². The highest BCUT2D eigenvalue weighted by atomic mass is 32.2. The van der Waals surface area contributed by atoms with Crippen LogP contribution in [0.5, 0.6) is 5.75 Å². The number of hydrogen-bond donors (Lipinski definition) is 0. The number of thioether (sulfide) groups is 1. The van der Waals surface area contributed by atoms with Crippen molar-refractivity contribution in [3.63, 3.8) is 0 Å². The Hall–Kier alpha value is -3.57. The van der Waals surface area contributed by atoms with Crippen molar-refractivity contribution in [3.05, 3.63) is 113 Å². The van der Waals surface area contributed by atoms with Crippen LogP contribution in [0.3, 0.4) is 0 Å². The van der Waals surface area contributed by atoms with E-state index >= 15 is 0 Å². The number of ether oxygens (including phenoxy) is 1. The first-order chi connectivity index (χ1) is 19.1. The van der Waals surface area contributed by atoms with Crippen LogP contribution in [0.2, 0.25) is 0 Å². The van der Waals surface area contributed by atoms with Gasteiger partial charge in [0.15, 0.2) is 0 Å². The van der Waals surface area contributed by atoms with Crippen molar-refractivity contribution in [2.24, 2.45) is 10.9 Å². The predicted molar refractivity (Wildman–Crippen MR) is 163 cm³/mol. The minimum Gasteiger partial charge on any atom is -0.466 e. The van der Waals surface area contributed by atoms with E-state index in [0.717, 1.165) is 84.8 Å². The Morgan fingerprint density at radius 1 is 1.10 bits per heavy atom. The van der Waals surface area contributed by atoms with Gasteiger partial charge in [-0.25, -0.2) is 0 Å². The number of carbonyl (C=O) groups excluding carboxylic acids is 1. The summed E-state index contributed by atoms with van der Waals surface area (Å²) >= 11 is 1.67. The summed E-state index contributed by atoms with van der Waals surface area (Å²) in [7, 11) is 0. The topological polar surface area (TPSA) is 41.9 Å². The van der Waals surface area contributed by atoms with Crippen LogP contribution in [0, 0.1) is 5.92 Å². The fraction of sp³-hybridized carbons (Fsp3) is 0.294. The standard InChI is InChI=1S/C34H36N2O2S/c1-3-38-31-12-4-8-27(24-31)15-14-26-9-7-22-36(23-20-26)34(37)30-18-16-28(17-19-30)25(2)39-32-13-5-10-29-11-6-21-35-33(29)32/h3-5,8-10,12-13,16-18,21,24,30H,1-2,6-7,11,14-15,19-20,22-23H2. The molecule has 0 aromatic heterocycles. The normalized spacial score (nSPS) is 18.5. The van der Waals surface area contributed by atoms with Gasteiger partial charge in [0.2, 0.25) is 5.91 Å². The van der Waals surface area contributed by atoms with E-state index in [1.807, 2.05) is 23.2 Å². The molecule has 1 amide bonds. The van der Waals surface area contributed by atoms with Gasteiger partial charge in [0, 0.05) is 29.1 Å². The number of amides is 1. The van der Waals surface area contributed by atoms with Gasteiger partial charge in [0.1, 0.15) is 5.75 Å². The van der Waals surface area contributed by atoms with Crippen molar-refractivity contribution in [1.29, 1.82) is 0 Å². The van der Waals surface area contributed by atoms with Gasteiger partial charge in [0.05, 0.1) is 17.9 Å². The molecule has 0 radical (unpaired) electrons. The molecule has 2 aromatic rings. The maximum Gasteiger partial charge on any atom is 0.229 e. The third kappa shape index (κ3) is 6.90. The van der Waals surface area contributed by atoms with Crippen LogP contribution in [-0.2, 0) is 17.6 Å². The van der Waals surface area contributed by atoms with Crippen molar-refractivity contribution in [1.82, 2.24) is 4.90 Å². The summed E-state index contributed by atoms with van der Waals surface area (Å²) < 4.78 is 5.41. The third-order valence-corrected chi connectivity index (χ3v) is 8.55. The Kier molecular flexibility index (Phi) is 9.00. The second-order valence-electron chi connectivity index (χ2n) is 10.2. The molecule has 0 fully saturated rings. The van der Waals surface area contributed by atoms with Crippen LogP contribution < -0.4 is 4.74 Å². The number of benzene rings is 2. The number of aliphatic imine (C=N–C) groups is 1. The molecule has 4 nitrogen and oxygen atoms in total. The molecule has 1 aliphatic carbocycles. The third-order valence-electron chi connectivity index (χ3n) is 7.52. The molecular weight excluding hydrogens is 500 g/mol. The van der Waals surface area contributed by atoms with Crippen LogP contribution in [0.25, 0.3) is 0 Å². The minimum atomic E-state index is -0.102. The Morgan fingerprint density at radius 3 is 2.85 bits per heavy atom. The zero-order valence-electron chi connectivity index (χ0n) is 22.5. The van der Waals surface area contributed by atoms with E-state index in [0.29, 0.717) is 0 Å². The molecule has 0 saturated carbocycles. The van der Waals surface area contributed by atoms with Crippen LogP contribution >= 0.6 is 11.8 Å². The van der Waals surface area contributed by atoms with E-state index in [1.165, 1.54) is 23.0 Å². The minimum absolute atomic E-state index is 0.102. The number of para-hydroxylation sites is 1. The SMILES string of the molecule is C=COc1cccc(CCC2=CCCN(C(=O)C3C=CC(C(=C)Sc4cccc5c4N=CCC5)=CC3)CC2)c1. The predicted octanol–water partition coefficient (Wildman–Crippen LogP) is 8.15. The second-order valence-corrected chi connectivity index (χ2v) is 11.3. The summed E-state index contributed by atoms with van der Waals surface area (Å²) in [6, 6.07) is 14.5. The molecule has 3 aliphatic rings. The lowest BCUT2D eigenvalue weighted by Crippen LogP contribution is -2.36. The highest BCUT2D eigenvalue weighted by Gasteiger charge is 2.25. The summed E-state index contributed by atoms with van der Waals surface area (Å²) in [4.78, 5) is 22.2. The molecule has 5 heteroatoms. The first-order valence-electron chi connectivity index (χ1n) is 13.8. The smallest absolute Gasteiger partial charge is 0.229 e. The number of aryl methyl sites for hydroxylation is 2. The largest absolute Gasteiger partial charge is 0.466 e. The van der Waals surface area contributed by atoms with Crippen molar-refractivity contribution in [2.75, 3.05) is 13.1 Å². The lowest BCUT2D eigenvalue weighted by atomic mass is 9.95. The quantitative estimate of drug-likeness (QED) is 0.184. The number of hydrogen-bond acceptors (Lipinski definition) is 4. The number of nitrogens with zero attached hydrogens (tertiary/aromatic N) is 2. The Labute approximate surface area is 236 Å². The molecule has 0 N–H and O–H groups in total. The van der Waals surface area contributed by atoms with Gasteiger partial charge < -0.3 is 9.64 Å². The number of carbonyl (C=O) groups is 1. The fourth-order valence-corrected chi connectivity index (χ4v) is 6.31. The summed E-state index contributed by atoms with van der Waals surface area (Å²) in [6.07, 6.45) is 18.7. The van der Waals surface area contributed by atoms with Gasteiger partial charge in [0.25, 0.3) is 0 Å². The average Bonchev–Trinajstić information content (AvgIpc) is 3.22. The first kappa shape index (κ1) is 27.0. The molecule has 39 heavy (non-hydrogen) atoms. The van der Waals surface area contributed by atoms with Crippen molar-refractivity contribution in [2.45, 2.75) is 49.8 Å². The van der Waals surface area contributed by atoms with E-state index in [4.69, 9.17) is 4.74 Å². The second kappa shape index (κ2) is 13.0. The number of allylic oxidation sites excluding steroid dienone is 3. The van der Waals surface area contributed by atoms with Crippen molar-refractivity contribution >= 4 is 29.6 Å². The molecule has 2 heterocycles. The molecule has 1 atom stereocenters. The molecule has 1 unspecified atom stereocenters. The summed E-state index contributed by atoms with van der Waals surface area (Å²) in [5.74, 6) is 0.951. The van der Waals surface area contributed by atoms with E-state index in [1.54, 1.807) is 11.8 Å². The van der Waals surface area contributed by atoms with E-state index in [9.17, 15) is 4.79 Å². The molecule has 0 bridgehead atoms. The Morgan fingerprint density at radius 2 is 2.00 bits per heavy atom. The fourth-order valence-electron chi connectivity index (χ4n) is 5.35. The molecule has 0 saturated heterocycles. The monoisotopic (exact) mass is 536 g/mol. The Balaban J connectivity index is 1.11. The number of fused-ring (bicyclic) bond motifs is 1. The maximum atomic E-state index is 13.4. The lowest BCUT2D eigenvalue weighted by Gasteiger charge is -2.26. The molecule has 200 valence electrons. The zero-order valence-corrected chi connectivity index (χ0v) is 23.3. The van der Waals surface area contributed by atoms with Crippen LogP contribution in [-0.4, -0.2) is 30.1 Å². The van der Waals surface area contributed by atoms with E-state index < -0.39 is 0 Å². The highest BCUT2D eigenvalue weighted by molar-refractivity contribution is 8.03. The van der Waals surface area contributed by atoms with Gasteiger partial charge in [-0.05, 0) is 79.8 Å². The zero-order chi connectivity index (χ0) is 27.0. The van der Waals surface area contributed by atoms with Gasteiger partial charge in [-0.1, -0.05) is 79.1 Å². The van der Waals surface area contributed by atoms with Gasteiger partial charge >= 0.3 is 0 Å². The molecule has 2 aliphatic heterocycles. The molecule has 5 rings (SSSR count). The van der Waals surface area contributed by atoms with Crippen molar-refractivity contribution < 1.29 is 9.53 Å². The van der Waals surface area contributed by atoms with Gasteiger partial charge in [-0.15, -0.1) is 0 Å². The average molecular weight is 537 g/mol. The maximum absolute atomic E-state index is 13.4. The van der Waals surface area contributed by atoms with Crippen molar-refractivity contribution in [3.8, 4) is 5.75 Å². The Bertz CT molecular complexity index is 1370. The summed E-state index contributed by atoms with van der Waals surface area (Å²) in [6.45, 7) is 9.54. The molecule has 0 spiro atoms. The summed E-state index contributed by atoms with van der Waals surface area (Å²) in [5, 5.41) is 0. The van der Waals surface area contributed by atoms with Crippen LogP contribution in [0.15, 0.2) is 112 Å². The summed E-state index contributed by atoms with van der Waals surface area (Å²) in [5.41, 5.74) is 6.16. The molecule has 2 aromatic carbocycles. The first-order valence-corrected chi connectivity index (χ1v) is 14.7. The number of rotatable bonds is 9. The van der Waals surface area contributed by atoms with E-state index in [2.05, 4.69) is 72.8 Å². The molecular formula is C34H36N2O2S. The van der Waals surface area contributed by atoms with Crippen LogP contribution in [0.1, 0.15) is 43.2 Å². The highest BCUT2D eigenvalue weighted by Crippen LogP contribution is 2.41. The van der Waals surface area contributed by atoms with Crippen LogP contribution in [0.4, 0.5) is 5.69 Å². The lowest BCUT2D eigenvalue weighted by molar-refractivity contribution is -0.133.